The lowest BCUT2D eigenvalue weighted by Gasteiger charge is -2.37. The Bertz CT molecular complexity index is 520. The van der Waals surface area contributed by atoms with Crippen molar-refractivity contribution in [3.05, 3.63) is 23.0 Å². The van der Waals surface area contributed by atoms with Gasteiger partial charge in [-0.2, -0.15) is 0 Å². The van der Waals surface area contributed by atoms with E-state index in [0.29, 0.717) is 30.1 Å². The van der Waals surface area contributed by atoms with Gasteiger partial charge in [-0.05, 0) is 25.3 Å². The number of hydrogen-bond acceptors (Lipinski definition) is 2. The summed E-state index contributed by atoms with van der Waals surface area (Å²) in [6.07, 6.45) is 4.76. The number of halogens is 1. The van der Waals surface area contributed by atoms with Crippen LogP contribution in [0.2, 0.25) is 5.02 Å². The molecule has 1 heterocycles. The molecule has 1 amide bonds. The summed E-state index contributed by atoms with van der Waals surface area (Å²) in [6, 6.07) is 1.61. The summed E-state index contributed by atoms with van der Waals surface area (Å²) in [5.41, 5.74) is -0.293. The van der Waals surface area contributed by atoms with Gasteiger partial charge in [0.05, 0.1) is 10.4 Å². The minimum absolute atomic E-state index is 0.177. The molecule has 2 N–H and O–H groups in total. The highest BCUT2D eigenvalue weighted by molar-refractivity contribution is 6.31. The number of aliphatic carboxylic acids is 1. The standard InChI is InChI=1S/C14H19ClN2O3/c1-2-6-17-8-10(15)7-11(17)12(18)16-9-14(13(19)20)4-3-5-14/h7-8H,2-6,9H2,1H3,(H,16,18)(H,19,20). The van der Waals surface area contributed by atoms with Crippen LogP contribution < -0.4 is 5.32 Å². The zero-order valence-corrected chi connectivity index (χ0v) is 12.2. The number of amides is 1. The molecule has 1 aromatic heterocycles. The average molecular weight is 299 g/mol. The lowest BCUT2D eigenvalue weighted by molar-refractivity contribution is -0.153. The molecular formula is C14H19ClN2O3. The van der Waals surface area contributed by atoms with E-state index in [0.717, 1.165) is 12.8 Å². The number of aryl methyl sites for hydroxylation is 1. The molecule has 2 rings (SSSR count). The van der Waals surface area contributed by atoms with Crippen LogP contribution in [-0.2, 0) is 11.3 Å². The maximum atomic E-state index is 12.2. The van der Waals surface area contributed by atoms with E-state index >= 15 is 0 Å². The lowest BCUT2D eigenvalue weighted by atomic mass is 9.69. The third kappa shape index (κ3) is 2.82. The highest BCUT2D eigenvalue weighted by Crippen LogP contribution is 2.40. The van der Waals surface area contributed by atoms with Crippen LogP contribution in [0.3, 0.4) is 0 Å². The van der Waals surface area contributed by atoms with Gasteiger partial charge >= 0.3 is 5.97 Å². The van der Waals surface area contributed by atoms with Crippen LogP contribution in [0, 0.1) is 5.41 Å². The second kappa shape index (κ2) is 5.87. The van der Waals surface area contributed by atoms with Gasteiger partial charge in [0.15, 0.2) is 0 Å². The van der Waals surface area contributed by atoms with Crippen molar-refractivity contribution < 1.29 is 14.7 Å². The Kier molecular flexibility index (Phi) is 4.38. The van der Waals surface area contributed by atoms with Gasteiger partial charge in [0.2, 0.25) is 0 Å². The van der Waals surface area contributed by atoms with Crippen molar-refractivity contribution in [2.45, 2.75) is 39.2 Å². The van der Waals surface area contributed by atoms with Gasteiger partial charge in [-0.1, -0.05) is 24.9 Å². The zero-order valence-electron chi connectivity index (χ0n) is 11.5. The Morgan fingerprint density at radius 2 is 2.20 bits per heavy atom. The van der Waals surface area contributed by atoms with Crippen molar-refractivity contribution in [3.8, 4) is 0 Å². The molecule has 1 aliphatic carbocycles. The molecule has 0 saturated heterocycles. The maximum absolute atomic E-state index is 12.2. The molecule has 1 aliphatic rings. The largest absolute Gasteiger partial charge is 0.481 e. The van der Waals surface area contributed by atoms with E-state index in [-0.39, 0.29) is 12.5 Å². The number of nitrogens with zero attached hydrogens (tertiary/aromatic N) is 1. The van der Waals surface area contributed by atoms with Crippen LogP contribution in [-0.4, -0.2) is 28.1 Å². The molecule has 0 bridgehead atoms. The number of nitrogens with one attached hydrogen (secondary N) is 1. The second-order valence-electron chi connectivity index (χ2n) is 5.36. The molecule has 0 radical (unpaired) electrons. The van der Waals surface area contributed by atoms with Crippen molar-refractivity contribution in [1.29, 1.82) is 0 Å². The first-order valence-electron chi connectivity index (χ1n) is 6.86. The third-order valence-corrected chi connectivity index (χ3v) is 4.12. The summed E-state index contributed by atoms with van der Waals surface area (Å²) in [4.78, 5) is 23.4. The fraction of sp³-hybridized carbons (Fsp3) is 0.571. The van der Waals surface area contributed by atoms with E-state index in [1.165, 1.54) is 0 Å². The molecule has 1 fully saturated rings. The molecule has 0 aromatic carbocycles. The Labute approximate surface area is 122 Å². The monoisotopic (exact) mass is 298 g/mol. The van der Waals surface area contributed by atoms with E-state index in [9.17, 15) is 14.7 Å². The summed E-state index contributed by atoms with van der Waals surface area (Å²) in [7, 11) is 0. The molecule has 5 nitrogen and oxygen atoms in total. The number of carboxylic acid groups (broad SMARTS) is 1. The average Bonchev–Trinajstić information content (AvgIpc) is 2.69. The smallest absolute Gasteiger partial charge is 0.311 e. The SMILES string of the molecule is CCCn1cc(Cl)cc1C(=O)NCC1(C(=O)O)CCC1. The van der Waals surface area contributed by atoms with Crippen LogP contribution in [0.4, 0.5) is 0 Å². The topological polar surface area (TPSA) is 71.3 Å². The minimum Gasteiger partial charge on any atom is -0.481 e. The predicted octanol–water partition coefficient (Wildman–Crippen LogP) is 2.54. The molecule has 1 aromatic rings. The van der Waals surface area contributed by atoms with Gasteiger partial charge in [0.1, 0.15) is 5.69 Å². The van der Waals surface area contributed by atoms with E-state index in [4.69, 9.17) is 11.6 Å². The van der Waals surface area contributed by atoms with E-state index < -0.39 is 11.4 Å². The van der Waals surface area contributed by atoms with Crippen LogP contribution >= 0.6 is 11.6 Å². The fourth-order valence-corrected chi connectivity index (χ4v) is 2.72. The number of carbonyl (C=O) groups is 2. The van der Waals surface area contributed by atoms with E-state index in [1.54, 1.807) is 16.8 Å². The first kappa shape index (κ1) is 14.9. The molecule has 20 heavy (non-hydrogen) atoms. The molecule has 0 aliphatic heterocycles. The van der Waals surface area contributed by atoms with Crippen molar-refractivity contribution in [3.63, 3.8) is 0 Å². The van der Waals surface area contributed by atoms with Crippen LogP contribution in [0.25, 0.3) is 0 Å². The third-order valence-electron chi connectivity index (χ3n) is 3.91. The number of aromatic nitrogens is 1. The lowest BCUT2D eigenvalue weighted by Crippen LogP contribution is -2.47. The van der Waals surface area contributed by atoms with Gasteiger partial charge in [0.25, 0.3) is 5.91 Å². The first-order valence-corrected chi connectivity index (χ1v) is 7.23. The summed E-state index contributed by atoms with van der Waals surface area (Å²) in [5, 5.41) is 12.5. The molecule has 0 atom stereocenters. The minimum atomic E-state index is -0.828. The summed E-state index contributed by atoms with van der Waals surface area (Å²) < 4.78 is 1.80. The highest BCUT2D eigenvalue weighted by atomic mass is 35.5. The van der Waals surface area contributed by atoms with Crippen molar-refractivity contribution >= 4 is 23.5 Å². The Morgan fingerprint density at radius 3 is 2.70 bits per heavy atom. The van der Waals surface area contributed by atoms with Crippen molar-refractivity contribution in [2.24, 2.45) is 5.41 Å². The van der Waals surface area contributed by atoms with Gasteiger partial charge in [-0.15, -0.1) is 0 Å². The number of hydrogen-bond donors (Lipinski definition) is 2. The Morgan fingerprint density at radius 1 is 1.50 bits per heavy atom. The van der Waals surface area contributed by atoms with Crippen molar-refractivity contribution in [2.75, 3.05) is 6.54 Å². The molecular weight excluding hydrogens is 280 g/mol. The van der Waals surface area contributed by atoms with Crippen LogP contribution in [0.5, 0.6) is 0 Å². The molecule has 6 heteroatoms. The summed E-state index contributed by atoms with van der Waals surface area (Å²) in [5.74, 6) is -1.09. The van der Waals surface area contributed by atoms with Gasteiger partial charge < -0.3 is 15.0 Å². The number of carbonyl (C=O) groups excluding carboxylic acids is 1. The summed E-state index contributed by atoms with van der Waals surface area (Å²) >= 11 is 5.93. The zero-order chi connectivity index (χ0) is 14.8. The van der Waals surface area contributed by atoms with E-state index in [1.807, 2.05) is 6.92 Å². The van der Waals surface area contributed by atoms with Crippen LogP contribution in [0.1, 0.15) is 43.1 Å². The molecule has 0 spiro atoms. The summed E-state index contributed by atoms with van der Waals surface area (Å²) in [6.45, 7) is 2.90. The van der Waals surface area contributed by atoms with Gasteiger partial charge in [0, 0.05) is 19.3 Å². The van der Waals surface area contributed by atoms with Crippen molar-refractivity contribution in [1.82, 2.24) is 9.88 Å². The molecule has 1 saturated carbocycles. The highest BCUT2D eigenvalue weighted by Gasteiger charge is 2.44. The normalized spacial score (nSPS) is 16.5. The quantitative estimate of drug-likeness (QED) is 0.848. The number of carboxylic acids is 1. The predicted molar refractivity (Wildman–Crippen MR) is 76.0 cm³/mol. The molecule has 0 unspecified atom stereocenters. The first-order chi connectivity index (χ1) is 9.48. The maximum Gasteiger partial charge on any atom is 0.311 e. The van der Waals surface area contributed by atoms with E-state index in [2.05, 4.69) is 5.32 Å². The van der Waals surface area contributed by atoms with Crippen LogP contribution in [0.15, 0.2) is 12.3 Å². The second-order valence-corrected chi connectivity index (χ2v) is 5.80. The Balaban J connectivity index is 2.03. The molecule has 110 valence electrons. The van der Waals surface area contributed by atoms with Gasteiger partial charge in [-0.25, -0.2) is 0 Å². The number of rotatable bonds is 6. The fourth-order valence-electron chi connectivity index (χ4n) is 2.50. The van der Waals surface area contributed by atoms with Gasteiger partial charge in [-0.3, -0.25) is 9.59 Å². The Hall–Kier alpha value is -1.49.